The molecule has 0 spiro atoms. The van der Waals surface area contributed by atoms with Crippen LogP contribution < -0.4 is 4.74 Å². The number of nitrogens with zero attached hydrogens (tertiary/aromatic N) is 2. The maximum Gasteiger partial charge on any atom is 0.276 e. The first-order valence-electron chi connectivity index (χ1n) is 7.64. The summed E-state index contributed by atoms with van der Waals surface area (Å²) >= 11 is 2.87. The minimum Gasteiger partial charge on any atom is -0.491 e. The van der Waals surface area contributed by atoms with Crippen molar-refractivity contribution in [2.24, 2.45) is 0 Å². The van der Waals surface area contributed by atoms with Gasteiger partial charge < -0.3 is 14.3 Å². The zero-order chi connectivity index (χ0) is 16.8. The number of benzene rings is 1. The molecule has 3 aromatic rings. The van der Waals surface area contributed by atoms with Crippen LogP contribution >= 0.6 is 23.1 Å². The average Bonchev–Trinajstić information content (AvgIpc) is 3.29. The molecule has 0 aliphatic carbocycles. The fourth-order valence-electron chi connectivity index (χ4n) is 2.00. The van der Waals surface area contributed by atoms with Crippen LogP contribution in [0.3, 0.4) is 0 Å². The maximum absolute atomic E-state index is 10.0. The molecule has 0 radical (unpaired) electrons. The van der Waals surface area contributed by atoms with Crippen molar-refractivity contribution in [2.45, 2.75) is 24.7 Å². The number of thiophene rings is 1. The summed E-state index contributed by atoms with van der Waals surface area (Å²) in [4.78, 5) is 0.939. The van der Waals surface area contributed by atoms with E-state index in [1.807, 2.05) is 41.8 Å². The molecule has 5 nitrogen and oxygen atoms in total. The van der Waals surface area contributed by atoms with Gasteiger partial charge in [-0.1, -0.05) is 36.9 Å². The number of aliphatic hydroxyl groups is 1. The van der Waals surface area contributed by atoms with E-state index in [9.17, 15) is 5.11 Å². The Bertz CT molecular complexity index is 742. The predicted molar refractivity (Wildman–Crippen MR) is 95.7 cm³/mol. The van der Waals surface area contributed by atoms with E-state index in [4.69, 9.17) is 9.15 Å². The largest absolute Gasteiger partial charge is 0.491 e. The number of ether oxygens (including phenoxy) is 1. The zero-order valence-corrected chi connectivity index (χ0v) is 14.8. The summed E-state index contributed by atoms with van der Waals surface area (Å²) in [7, 11) is 0. The molecule has 7 heteroatoms. The van der Waals surface area contributed by atoms with Gasteiger partial charge in [0.1, 0.15) is 12.4 Å². The van der Waals surface area contributed by atoms with E-state index in [0.29, 0.717) is 16.9 Å². The van der Waals surface area contributed by atoms with Gasteiger partial charge in [0.15, 0.2) is 0 Å². The van der Waals surface area contributed by atoms with E-state index in [2.05, 4.69) is 17.1 Å². The molecule has 1 atom stereocenters. The number of aromatic nitrogens is 2. The summed E-state index contributed by atoms with van der Waals surface area (Å²) < 4.78 is 11.2. The van der Waals surface area contributed by atoms with Crippen molar-refractivity contribution in [3.8, 4) is 16.5 Å². The van der Waals surface area contributed by atoms with E-state index in [0.717, 1.165) is 17.0 Å². The van der Waals surface area contributed by atoms with Crippen LogP contribution in [0.15, 0.2) is 51.4 Å². The first-order chi connectivity index (χ1) is 11.7. The SMILES string of the molecule is CCc1ccc(OC[C@@H](O)CSc2nnc(-c3cccs3)o2)cc1. The highest BCUT2D eigenvalue weighted by atomic mass is 32.2. The Morgan fingerprint density at radius 2 is 2.08 bits per heavy atom. The smallest absolute Gasteiger partial charge is 0.276 e. The van der Waals surface area contributed by atoms with Gasteiger partial charge in [-0.25, -0.2) is 0 Å². The number of aryl methyl sites for hydroxylation is 1. The van der Waals surface area contributed by atoms with Crippen molar-refractivity contribution in [1.82, 2.24) is 10.2 Å². The quantitative estimate of drug-likeness (QED) is 0.613. The van der Waals surface area contributed by atoms with E-state index in [1.54, 1.807) is 11.3 Å². The third-order valence-corrected chi connectivity index (χ3v) is 5.13. The second-order valence-corrected chi connectivity index (χ2v) is 7.04. The zero-order valence-electron chi connectivity index (χ0n) is 13.2. The van der Waals surface area contributed by atoms with Crippen LogP contribution in [0.1, 0.15) is 12.5 Å². The third-order valence-electron chi connectivity index (χ3n) is 3.31. The summed E-state index contributed by atoms with van der Waals surface area (Å²) in [6.07, 6.45) is 0.384. The Morgan fingerprint density at radius 3 is 2.79 bits per heavy atom. The molecule has 2 heterocycles. The third kappa shape index (κ3) is 4.59. The highest BCUT2D eigenvalue weighted by Gasteiger charge is 2.12. The molecular formula is C17H18N2O3S2. The molecule has 0 bridgehead atoms. The van der Waals surface area contributed by atoms with Gasteiger partial charge in [-0.2, -0.15) is 0 Å². The Hall–Kier alpha value is -1.83. The van der Waals surface area contributed by atoms with Crippen LogP contribution in [0.4, 0.5) is 0 Å². The molecule has 0 unspecified atom stereocenters. The molecule has 0 aliphatic heterocycles. The Labute approximate surface area is 148 Å². The van der Waals surface area contributed by atoms with E-state index >= 15 is 0 Å². The summed E-state index contributed by atoms with van der Waals surface area (Å²) in [5.41, 5.74) is 1.26. The molecule has 1 N–H and O–H groups in total. The Balaban J connectivity index is 1.44. The Morgan fingerprint density at radius 1 is 1.25 bits per heavy atom. The first kappa shape index (κ1) is 17.0. The molecule has 0 aliphatic rings. The predicted octanol–water partition coefficient (Wildman–Crippen LogP) is 3.89. The monoisotopic (exact) mass is 362 g/mol. The maximum atomic E-state index is 10.0. The van der Waals surface area contributed by atoms with Gasteiger partial charge in [0.05, 0.1) is 11.0 Å². The van der Waals surface area contributed by atoms with Crippen molar-refractivity contribution in [2.75, 3.05) is 12.4 Å². The lowest BCUT2D eigenvalue weighted by atomic mass is 10.2. The van der Waals surface area contributed by atoms with Gasteiger partial charge >= 0.3 is 0 Å². The van der Waals surface area contributed by atoms with Crippen molar-refractivity contribution in [3.05, 3.63) is 47.3 Å². The first-order valence-corrected chi connectivity index (χ1v) is 9.51. The Kier molecular flexibility index (Phi) is 5.90. The molecule has 0 saturated carbocycles. The molecule has 1 aromatic carbocycles. The van der Waals surface area contributed by atoms with Crippen LogP contribution in [-0.4, -0.2) is 33.8 Å². The van der Waals surface area contributed by atoms with Crippen molar-refractivity contribution < 1.29 is 14.3 Å². The van der Waals surface area contributed by atoms with Gasteiger partial charge in [0, 0.05) is 5.75 Å². The normalized spacial score (nSPS) is 12.2. The topological polar surface area (TPSA) is 68.4 Å². The number of thioether (sulfide) groups is 1. The number of hydrogen-bond donors (Lipinski definition) is 1. The summed E-state index contributed by atoms with van der Waals surface area (Å²) in [5.74, 6) is 1.70. The molecule has 0 fully saturated rings. The second kappa shape index (κ2) is 8.32. The van der Waals surface area contributed by atoms with Gasteiger partial charge in [0.25, 0.3) is 11.1 Å². The van der Waals surface area contributed by atoms with E-state index < -0.39 is 6.10 Å². The fraction of sp³-hybridized carbons (Fsp3) is 0.294. The van der Waals surface area contributed by atoms with Crippen molar-refractivity contribution in [1.29, 1.82) is 0 Å². The van der Waals surface area contributed by atoms with Crippen molar-refractivity contribution in [3.63, 3.8) is 0 Å². The molecular weight excluding hydrogens is 344 g/mol. The molecule has 3 rings (SSSR count). The van der Waals surface area contributed by atoms with Gasteiger partial charge in [-0.05, 0) is 35.6 Å². The van der Waals surface area contributed by atoms with Crippen LogP contribution in [0, 0.1) is 0 Å². The standard InChI is InChI=1S/C17H18N2O3S2/c1-2-12-5-7-14(8-6-12)21-10-13(20)11-24-17-19-18-16(22-17)15-4-3-9-23-15/h3-9,13,20H,2,10-11H2,1H3/t13-/m1/s1. The lowest BCUT2D eigenvalue weighted by molar-refractivity contribution is 0.126. The highest BCUT2D eigenvalue weighted by Crippen LogP contribution is 2.26. The lowest BCUT2D eigenvalue weighted by Gasteiger charge is -2.11. The fourth-order valence-corrected chi connectivity index (χ4v) is 3.31. The summed E-state index contributed by atoms with van der Waals surface area (Å²) in [5, 5.41) is 20.4. The molecule has 0 amide bonds. The minimum absolute atomic E-state index is 0.227. The molecule has 0 saturated heterocycles. The van der Waals surface area contributed by atoms with Crippen LogP contribution in [0.5, 0.6) is 5.75 Å². The van der Waals surface area contributed by atoms with Crippen LogP contribution in [0.2, 0.25) is 0 Å². The number of rotatable bonds is 8. The van der Waals surface area contributed by atoms with Crippen LogP contribution in [-0.2, 0) is 6.42 Å². The molecule has 2 aromatic heterocycles. The second-order valence-electron chi connectivity index (χ2n) is 5.12. The van der Waals surface area contributed by atoms with Crippen molar-refractivity contribution >= 4 is 23.1 Å². The van der Waals surface area contributed by atoms with Gasteiger partial charge in [-0.15, -0.1) is 21.5 Å². The summed E-state index contributed by atoms with van der Waals surface area (Å²) in [6, 6.07) is 11.8. The molecule has 126 valence electrons. The summed E-state index contributed by atoms with van der Waals surface area (Å²) in [6.45, 7) is 2.34. The van der Waals surface area contributed by atoms with E-state index in [1.165, 1.54) is 17.3 Å². The van der Waals surface area contributed by atoms with Gasteiger partial charge in [-0.3, -0.25) is 0 Å². The number of hydrogen-bond acceptors (Lipinski definition) is 7. The van der Waals surface area contributed by atoms with Gasteiger partial charge in [0.2, 0.25) is 0 Å². The van der Waals surface area contributed by atoms with Crippen LogP contribution in [0.25, 0.3) is 10.8 Å². The van der Waals surface area contributed by atoms with E-state index in [-0.39, 0.29) is 6.61 Å². The average molecular weight is 362 g/mol. The lowest BCUT2D eigenvalue weighted by Crippen LogP contribution is -2.20. The number of aliphatic hydroxyl groups excluding tert-OH is 1. The highest BCUT2D eigenvalue weighted by molar-refractivity contribution is 7.99. The minimum atomic E-state index is -0.613. The molecule has 24 heavy (non-hydrogen) atoms.